The molecule has 0 fully saturated rings. The molecule has 0 unspecified atom stereocenters. The monoisotopic (exact) mass is 134 g/mol. The SMILES string of the molecule is Cc1cccc(C)[c]1[AlH2]. The second kappa shape index (κ2) is 2.56. The molecule has 0 radical (unpaired) electrons. The second-order valence-corrected chi connectivity index (χ2v) is 3.52. The molecule has 9 heavy (non-hydrogen) atoms. The first-order valence-electron chi connectivity index (χ1n) is 3.24. The van der Waals surface area contributed by atoms with Crippen LogP contribution in [0.3, 0.4) is 0 Å². The Hall–Kier alpha value is -0.248. The molecule has 0 aliphatic rings. The predicted molar refractivity (Wildman–Crippen MR) is 44.1 cm³/mol. The fourth-order valence-corrected chi connectivity index (χ4v) is 1.23. The molecule has 0 saturated carbocycles. The van der Waals surface area contributed by atoms with E-state index in [4.69, 9.17) is 0 Å². The Kier molecular flexibility index (Phi) is 1.95. The van der Waals surface area contributed by atoms with Crippen molar-refractivity contribution in [2.45, 2.75) is 13.8 Å². The summed E-state index contributed by atoms with van der Waals surface area (Å²) < 4.78 is 1.55. The smallest absolute Gasteiger partial charge is 0.115 e. The van der Waals surface area contributed by atoms with Gasteiger partial charge in [-0.2, -0.15) is 0 Å². The third kappa shape index (κ3) is 1.36. The van der Waals surface area contributed by atoms with Gasteiger partial charge in [-0.25, -0.2) is 0 Å². The van der Waals surface area contributed by atoms with Gasteiger partial charge < -0.3 is 0 Å². The van der Waals surface area contributed by atoms with Crippen LogP contribution in [0.15, 0.2) is 18.2 Å². The molecule has 0 bridgehead atoms. The minimum absolute atomic E-state index is 1.18. The topological polar surface area (TPSA) is 0 Å². The second-order valence-electron chi connectivity index (χ2n) is 2.52. The number of rotatable bonds is 0. The first-order valence-corrected chi connectivity index (χ1v) is 4.24. The first kappa shape index (κ1) is 6.87. The lowest BCUT2D eigenvalue weighted by Gasteiger charge is -2.01. The minimum Gasteiger partial charge on any atom is -0.115 e. The summed E-state index contributed by atoms with van der Waals surface area (Å²) >= 11 is 1.18. The lowest BCUT2D eigenvalue weighted by Crippen LogP contribution is -2.10. The number of hydrogen-bond acceptors (Lipinski definition) is 0. The largest absolute Gasteiger partial charge is 0.259 e. The molecule has 1 rings (SSSR count). The van der Waals surface area contributed by atoms with Crippen molar-refractivity contribution in [2.24, 2.45) is 0 Å². The molecule has 0 aliphatic carbocycles. The molecule has 0 spiro atoms. The van der Waals surface area contributed by atoms with Crippen molar-refractivity contribution in [1.29, 1.82) is 0 Å². The zero-order chi connectivity index (χ0) is 6.85. The van der Waals surface area contributed by atoms with Crippen LogP contribution >= 0.6 is 0 Å². The van der Waals surface area contributed by atoms with Gasteiger partial charge in [-0.3, -0.25) is 0 Å². The molecule has 0 aliphatic heterocycles. The zero-order valence-corrected chi connectivity index (χ0v) is 8.23. The minimum atomic E-state index is 1.18. The highest BCUT2D eigenvalue weighted by Crippen LogP contribution is 1.96. The maximum atomic E-state index is 2.18. The van der Waals surface area contributed by atoms with Gasteiger partial charge in [0.2, 0.25) is 0 Å². The van der Waals surface area contributed by atoms with Gasteiger partial charge in [-0.05, 0) is 13.8 Å². The third-order valence-electron chi connectivity index (χ3n) is 1.88. The molecule has 1 aromatic carbocycles. The summed E-state index contributed by atoms with van der Waals surface area (Å²) in [5.41, 5.74) is 2.89. The molecule has 1 aromatic rings. The Balaban J connectivity index is 3.25. The van der Waals surface area contributed by atoms with Crippen molar-refractivity contribution < 1.29 is 0 Å². The first-order chi connectivity index (χ1) is 4.22. The maximum absolute atomic E-state index is 2.18. The maximum Gasteiger partial charge on any atom is 0.259 e. The van der Waals surface area contributed by atoms with Crippen LogP contribution in [0.1, 0.15) is 11.1 Å². The van der Waals surface area contributed by atoms with Crippen LogP contribution in [-0.2, 0) is 0 Å². The Morgan fingerprint density at radius 3 is 1.89 bits per heavy atom. The van der Waals surface area contributed by atoms with E-state index < -0.39 is 0 Å². The lowest BCUT2D eigenvalue weighted by molar-refractivity contribution is 1.43. The van der Waals surface area contributed by atoms with E-state index in [0.29, 0.717) is 0 Å². The summed E-state index contributed by atoms with van der Waals surface area (Å²) in [7, 11) is 0. The van der Waals surface area contributed by atoms with Crippen molar-refractivity contribution in [3.8, 4) is 0 Å². The van der Waals surface area contributed by atoms with Crippen molar-refractivity contribution in [2.75, 3.05) is 0 Å². The molecule has 0 atom stereocenters. The normalized spacial score (nSPS) is 9.56. The quantitative estimate of drug-likeness (QED) is 0.455. The fraction of sp³-hybridized carbons (Fsp3) is 0.250. The van der Waals surface area contributed by atoms with E-state index >= 15 is 0 Å². The molecule has 0 N–H and O–H groups in total. The molecule has 0 amide bonds. The van der Waals surface area contributed by atoms with Gasteiger partial charge in [0.1, 0.15) is 0 Å². The van der Waals surface area contributed by atoms with Crippen molar-refractivity contribution in [3.05, 3.63) is 29.3 Å². The van der Waals surface area contributed by atoms with Gasteiger partial charge in [0.25, 0.3) is 16.3 Å². The van der Waals surface area contributed by atoms with Gasteiger partial charge in [-0.15, -0.1) is 4.43 Å². The lowest BCUT2D eigenvalue weighted by atomic mass is 10.2. The van der Waals surface area contributed by atoms with Gasteiger partial charge >= 0.3 is 0 Å². The van der Waals surface area contributed by atoms with Crippen LogP contribution in [0, 0.1) is 13.8 Å². The highest BCUT2D eigenvalue weighted by atomic mass is 27.0. The Morgan fingerprint density at radius 1 is 1.11 bits per heavy atom. The summed E-state index contributed by atoms with van der Waals surface area (Å²) in [6, 6.07) is 6.47. The van der Waals surface area contributed by atoms with Crippen LogP contribution in [0.4, 0.5) is 0 Å². The summed E-state index contributed by atoms with van der Waals surface area (Å²) in [6.07, 6.45) is 0. The third-order valence-corrected chi connectivity index (χ3v) is 3.45. The van der Waals surface area contributed by atoms with Gasteiger partial charge in [0.05, 0.1) is 0 Å². The van der Waals surface area contributed by atoms with E-state index in [9.17, 15) is 0 Å². The molecule has 1 heteroatoms. The zero-order valence-electron chi connectivity index (χ0n) is 6.23. The molecular formula is C8H11Al. The Labute approximate surface area is 64.3 Å². The average molecular weight is 134 g/mol. The highest BCUT2D eigenvalue weighted by Gasteiger charge is 1.91. The van der Waals surface area contributed by atoms with Crippen LogP contribution in [-0.4, -0.2) is 16.3 Å². The van der Waals surface area contributed by atoms with Crippen molar-refractivity contribution in [3.63, 3.8) is 0 Å². The molecule has 0 heterocycles. The van der Waals surface area contributed by atoms with E-state index in [-0.39, 0.29) is 0 Å². The van der Waals surface area contributed by atoms with Crippen LogP contribution in [0.5, 0.6) is 0 Å². The molecule has 0 aromatic heterocycles. The number of aryl methyl sites for hydroxylation is 2. The van der Waals surface area contributed by atoms with E-state index in [2.05, 4.69) is 32.0 Å². The van der Waals surface area contributed by atoms with E-state index in [0.717, 1.165) is 0 Å². The molecule has 46 valence electrons. The van der Waals surface area contributed by atoms with Crippen molar-refractivity contribution >= 4 is 20.7 Å². The summed E-state index contributed by atoms with van der Waals surface area (Å²) in [5.74, 6) is 0. The van der Waals surface area contributed by atoms with Crippen LogP contribution < -0.4 is 4.43 Å². The van der Waals surface area contributed by atoms with Crippen molar-refractivity contribution in [1.82, 2.24) is 0 Å². The van der Waals surface area contributed by atoms with E-state index in [1.807, 2.05) is 0 Å². The van der Waals surface area contributed by atoms with E-state index in [1.54, 1.807) is 4.43 Å². The molecular weight excluding hydrogens is 123 g/mol. The fourth-order valence-electron chi connectivity index (χ4n) is 0.898. The van der Waals surface area contributed by atoms with Gasteiger partial charge in [0.15, 0.2) is 0 Å². The Morgan fingerprint density at radius 2 is 1.56 bits per heavy atom. The number of benzene rings is 1. The highest BCUT2D eigenvalue weighted by molar-refractivity contribution is 6.34. The van der Waals surface area contributed by atoms with E-state index in [1.165, 1.54) is 27.4 Å². The summed E-state index contributed by atoms with van der Waals surface area (Å²) in [4.78, 5) is 0. The van der Waals surface area contributed by atoms with Crippen LogP contribution in [0.25, 0.3) is 0 Å². The van der Waals surface area contributed by atoms with Gasteiger partial charge in [-0.1, -0.05) is 29.3 Å². The average Bonchev–Trinajstić information content (AvgIpc) is 1.83. The number of hydrogen-bond donors (Lipinski definition) is 0. The van der Waals surface area contributed by atoms with Crippen LogP contribution in [0.2, 0.25) is 0 Å². The molecule has 0 nitrogen and oxygen atoms in total. The Bertz CT molecular complexity index is 196. The molecule has 0 saturated heterocycles. The standard InChI is InChI=1S/C8H9.Al.2H/c1-7-4-3-5-8(2)6-7;;;/h3-5H,1-2H3;;;. The predicted octanol–water partition coefficient (Wildman–Crippen LogP) is 0.562. The van der Waals surface area contributed by atoms with Gasteiger partial charge in [0, 0.05) is 0 Å². The summed E-state index contributed by atoms with van der Waals surface area (Å²) in [6.45, 7) is 4.35. The summed E-state index contributed by atoms with van der Waals surface area (Å²) in [5, 5.41) is 0.